The lowest BCUT2D eigenvalue weighted by Crippen LogP contribution is -2.55. The van der Waals surface area contributed by atoms with Crippen LogP contribution >= 0.6 is 0 Å². The third-order valence-corrected chi connectivity index (χ3v) is 4.09. The molecular formula is C19H22N2O2. The van der Waals surface area contributed by atoms with E-state index in [1.54, 1.807) is 0 Å². The zero-order chi connectivity index (χ0) is 16.1. The van der Waals surface area contributed by atoms with Crippen LogP contribution in [-0.2, 0) is 22.5 Å². The molecule has 120 valence electrons. The molecule has 1 aliphatic heterocycles. The third kappa shape index (κ3) is 3.54. The van der Waals surface area contributed by atoms with Gasteiger partial charge in [0.05, 0.1) is 6.61 Å². The number of ether oxygens (including phenoxy) is 1. The maximum atomic E-state index is 12.3. The van der Waals surface area contributed by atoms with Gasteiger partial charge < -0.3 is 9.64 Å². The molecule has 1 atom stereocenters. The lowest BCUT2D eigenvalue weighted by atomic mass is 10.1. The predicted molar refractivity (Wildman–Crippen MR) is 91.2 cm³/mol. The van der Waals surface area contributed by atoms with E-state index in [1.165, 1.54) is 11.1 Å². The first-order valence-electron chi connectivity index (χ1n) is 8.08. The fraction of sp³-hybridized carbons (Fsp3) is 0.316. The number of nitrogens with zero attached hydrogens (tertiary/aromatic N) is 1. The Morgan fingerprint density at radius 2 is 1.91 bits per heavy atom. The van der Waals surface area contributed by atoms with Gasteiger partial charge in [-0.15, -0.1) is 0 Å². The summed E-state index contributed by atoms with van der Waals surface area (Å²) in [6.07, 6.45) is 0.459. The summed E-state index contributed by atoms with van der Waals surface area (Å²) < 4.78 is 5.24. The number of fused-ring (bicyclic) bond motifs is 1. The maximum absolute atomic E-state index is 12.3. The summed E-state index contributed by atoms with van der Waals surface area (Å²) in [5, 5.41) is 3.30. The standard InChI is InChI=1S/C19H22N2O2/c1-2-23-19(22)18-20-14-16-10-6-7-11-17(16)21(18)13-12-15-8-4-3-5-9-15/h3-11,18,20H,2,12-14H2,1H3. The summed E-state index contributed by atoms with van der Waals surface area (Å²) in [6.45, 7) is 3.67. The molecular weight excluding hydrogens is 288 g/mol. The van der Waals surface area contributed by atoms with Gasteiger partial charge in [0, 0.05) is 18.8 Å². The summed E-state index contributed by atoms with van der Waals surface area (Å²) in [5.74, 6) is -0.213. The van der Waals surface area contributed by atoms with Crippen molar-refractivity contribution in [3.63, 3.8) is 0 Å². The number of carbonyl (C=O) groups is 1. The van der Waals surface area contributed by atoms with E-state index >= 15 is 0 Å². The number of carbonyl (C=O) groups excluding carboxylic acids is 1. The number of hydrogen-bond donors (Lipinski definition) is 1. The maximum Gasteiger partial charge on any atom is 0.343 e. The van der Waals surface area contributed by atoms with Gasteiger partial charge >= 0.3 is 5.97 Å². The second-order valence-electron chi connectivity index (χ2n) is 5.59. The molecule has 23 heavy (non-hydrogen) atoms. The highest BCUT2D eigenvalue weighted by Gasteiger charge is 2.31. The Morgan fingerprint density at radius 1 is 1.17 bits per heavy atom. The zero-order valence-corrected chi connectivity index (χ0v) is 13.4. The minimum absolute atomic E-state index is 0.213. The number of nitrogens with one attached hydrogen (secondary N) is 1. The fourth-order valence-electron chi connectivity index (χ4n) is 2.97. The molecule has 0 amide bonds. The van der Waals surface area contributed by atoms with Gasteiger partial charge in [0.2, 0.25) is 0 Å². The molecule has 2 aromatic rings. The topological polar surface area (TPSA) is 41.6 Å². The molecule has 1 unspecified atom stereocenters. The molecule has 0 aromatic heterocycles. The quantitative estimate of drug-likeness (QED) is 0.862. The smallest absolute Gasteiger partial charge is 0.343 e. The Morgan fingerprint density at radius 3 is 2.70 bits per heavy atom. The van der Waals surface area contributed by atoms with Crippen LogP contribution in [0.4, 0.5) is 5.69 Å². The zero-order valence-electron chi connectivity index (χ0n) is 13.4. The van der Waals surface area contributed by atoms with E-state index in [0.717, 1.165) is 18.7 Å². The van der Waals surface area contributed by atoms with Gasteiger partial charge in [0.25, 0.3) is 0 Å². The van der Waals surface area contributed by atoms with Crippen LogP contribution in [0, 0.1) is 0 Å². The summed E-state index contributed by atoms with van der Waals surface area (Å²) in [7, 11) is 0. The molecule has 0 saturated heterocycles. The van der Waals surface area contributed by atoms with Crippen LogP contribution in [0.5, 0.6) is 0 Å². The Kier molecular flexibility index (Phi) is 4.93. The Hall–Kier alpha value is -2.33. The van der Waals surface area contributed by atoms with Crippen molar-refractivity contribution >= 4 is 11.7 Å². The van der Waals surface area contributed by atoms with Crippen molar-refractivity contribution in [3.05, 3.63) is 65.7 Å². The van der Waals surface area contributed by atoms with Gasteiger partial charge in [0.15, 0.2) is 6.17 Å². The first-order valence-corrected chi connectivity index (χ1v) is 8.08. The van der Waals surface area contributed by atoms with Gasteiger partial charge in [-0.1, -0.05) is 48.5 Å². The first kappa shape index (κ1) is 15.6. The Balaban J connectivity index is 1.82. The van der Waals surface area contributed by atoms with E-state index in [1.807, 2.05) is 37.3 Å². The van der Waals surface area contributed by atoms with Crippen molar-refractivity contribution in [3.8, 4) is 0 Å². The number of rotatable bonds is 5. The molecule has 1 N–H and O–H groups in total. The van der Waals surface area contributed by atoms with Gasteiger partial charge in [-0.3, -0.25) is 5.32 Å². The molecule has 4 heteroatoms. The molecule has 0 saturated carbocycles. The van der Waals surface area contributed by atoms with E-state index in [4.69, 9.17) is 4.74 Å². The highest BCUT2D eigenvalue weighted by Crippen LogP contribution is 2.26. The highest BCUT2D eigenvalue weighted by molar-refractivity contribution is 5.81. The Labute approximate surface area is 137 Å². The van der Waals surface area contributed by atoms with E-state index in [0.29, 0.717) is 13.2 Å². The van der Waals surface area contributed by atoms with E-state index in [2.05, 4.69) is 34.5 Å². The Bertz CT molecular complexity index is 657. The molecule has 0 aliphatic carbocycles. The molecule has 2 aromatic carbocycles. The second kappa shape index (κ2) is 7.29. The molecule has 1 heterocycles. The molecule has 0 radical (unpaired) electrons. The molecule has 1 aliphatic rings. The first-order chi connectivity index (χ1) is 11.3. The second-order valence-corrected chi connectivity index (χ2v) is 5.59. The number of hydrogen-bond acceptors (Lipinski definition) is 4. The van der Waals surface area contributed by atoms with Crippen LogP contribution in [0.3, 0.4) is 0 Å². The SMILES string of the molecule is CCOC(=O)C1NCc2ccccc2N1CCc1ccccc1. The number of esters is 1. The molecule has 3 rings (SSSR count). The monoisotopic (exact) mass is 310 g/mol. The largest absolute Gasteiger partial charge is 0.463 e. The minimum Gasteiger partial charge on any atom is -0.463 e. The van der Waals surface area contributed by atoms with Gasteiger partial charge in [-0.2, -0.15) is 0 Å². The predicted octanol–water partition coefficient (Wildman–Crippen LogP) is 2.73. The summed E-state index contributed by atoms with van der Waals surface area (Å²) in [5.41, 5.74) is 3.58. The van der Waals surface area contributed by atoms with Crippen LogP contribution < -0.4 is 10.2 Å². The molecule has 4 nitrogen and oxygen atoms in total. The molecule has 0 spiro atoms. The van der Waals surface area contributed by atoms with Gasteiger partial charge in [-0.05, 0) is 30.5 Å². The normalized spacial score (nSPS) is 16.7. The summed E-state index contributed by atoms with van der Waals surface area (Å²) >= 11 is 0. The van der Waals surface area contributed by atoms with E-state index < -0.39 is 6.17 Å². The van der Waals surface area contributed by atoms with Crippen LogP contribution in [0.25, 0.3) is 0 Å². The summed E-state index contributed by atoms with van der Waals surface area (Å²) in [4.78, 5) is 14.4. The van der Waals surface area contributed by atoms with Crippen LogP contribution in [0.1, 0.15) is 18.1 Å². The van der Waals surface area contributed by atoms with Crippen LogP contribution in [-0.4, -0.2) is 25.3 Å². The van der Waals surface area contributed by atoms with Crippen molar-refractivity contribution in [2.45, 2.75) is 26.1 Å². The van der Waals surface area contributed by atoms with Crippen molar-refractivity contribution in [1.29, 1.82) is 0 Å². The third-order valence-electron chi connectivity index (χ3n) is 4.09. The molecule has 0 bridgehead atoms. The number of anilines is 1. The van der Waals surface area contributed by atoms with Crippen LogP contribution in [0.15, 0.2) is 54.6 Å². The lowest BCUT2D eigenvalue weighted by Gasteiger charge is -2.38. The van der Waals surface area contributed by atoms with Gasteiger partial charge in [-0.25, -0.2) is 4.79 Å². The van der Waals surface area contributed by atoms with Crippen molar-refractivity contribution in [2.75, 3.05) is 18.1 Å². The molecule has 0 fully saturated rings. The van der Waals surface area contributed by atoms with Crippen molar-refractivity contribution in [1.82, 2.24) is 5.32 Å². The van der Waals surface area contributed by atoms with Crippen molar-refractivity contribution in [2.24, 2.45) is 0 Å². The van der Waals surface area contributed by atoms with E-state index in [-0.39, 0.29) is 5.97 Å². The van der Waals surface area contributed by atoms with Gasteiger partial charge in [0.1, 0.15) is 0 Å². The minimum atomic E-state index is -0.423. The average Bonchev–Trinajstić information content (AvgIpc) is 2.60. The highest BCUT2D eigenvalue weighted by atomic mass is 16.5. The van der Waals surface area contributed by atoms with E-state index in [9.17, 15) is 4.79 Å². The van der Waals surface area contributed by atoms with Crippen molar-refractivity contribution < 1.29 is 9.53 Å². The number of para-hydroxylation sites is 1. The average molecular weight is 310 g/mol. The summed E-state index contributed by atoms with van der Waals surface area (Å²) in [6, 6.07) is 18.5. The fourth-order valence-corrected chi connectivity index (χ4v) is 2.97. The lowest BCUT2D eigenvalue weighted by molar-refractivity contribution is -0.145. The number of benzene rings is 2. The van der Waals surface area contributed by atoms with Crippen LogP contribution in [0.2, 0.25) is 0 Å².